The number of carboxylic acids is 1. The smallest absolute Gasteiger partial charge is 0.490 e. The summed E-state index contributed by atoms with van der Waals surface area (Å²) in [6.07, 6.45) is 0.941. The Kier molecular flexibility index (Phi) is 7.72. The highest BCUT2D eigenvalue weighted by Crippen LogP contribution is 2.41. The maximum Gasteiger partial charge on any atom is 0.490 e. The van der Waals surface area contributed by atoms with Crippen molar-refractivity contribution in [3.8, 4) is 5.75 Å². The van der Waals surface area contributed by atoms with E-state index >= 15 is 0 Å². The molecule has 7 nitrogen and oxygen atoms in total. The second kappa shape index (κ2) is 10.3. The van der Waals surface area contributed by atoms with Crippen LogP contribution in [-0.4, -0.2) is 65.4 Å². The zero-order valence-corrected chi connectivity index (χ0v) is 18.2. The largest absolute Gasteiger partial charge is 0.497 e. The Bertz CT molecular complexity index is 932. The van der Waals surface area contributed by atoms with Gasteiger partial charge in [-0.1, -0.05) is 12.1 Å². The van der Waals surface area contributed by atoms with Crippen molar-refractivity contribution in [3.05, 3.63) is 48.0 Å². The van der Waals surface area contributed by atoms with Gasteiger partial charge in [-0.2, -0.15) is 13.2 Å². The lowest BCUT2D eigenvalue weighted by molar-refractivity contribution is -0.192. The molecule has 2 fully saturated rings. The minimum Gasteiger partial charge on any atom is -0.497 e. The molecule has 0 atom stereocenters. The Hall–Kier alpha value is -2.95. The molecule has 0 radical (unpaired) electrons. The van der Waals surface area contributed by atoms with Gasteiger partial charge in [-0.05, 0) is 48.9 Å². The molecule has 1 N–H and O–H groups in total. The van der Waals surface area contributed by atoms with E-state index in [4.69, 9.17) is 14.6 Å². The summed E-state index contributed by atoms with van der Waals surface area (Å²) in [5.41, 5.74) is 1.70. The van der Waals surface area contributed by atoms with E-state index in [1.54, 1.807) is 7.11 Å². The number of likely N-dealkylation sites (tertiary alicyclic amines) is 1. The number of carboxylic acid groups (broad SMARTS) is 1. The molecule has 2 saturated heterocycles. The van der Waals surface area contributed by atoms with Gasteiger partial charge in [-0.3, -0.25) is 4.90 Å². The van der Waals surface area contributed by atoms with Gasteiger partial charge in [0.25, 0.3) is 0 Å². The fraction of sp³-hybridized carbons (Fsp3) is 0.500. The normalized spacial score (nSPS) is 18.0. The van der Waals surface area contributed by atoms with Crippen molar-refractivity contribution in [2.75, 3.05) is 38.2 Å². The summed E-state index contributed by atoms with van der Waals surface area (Å²) < 4.78 is 50.1. The van der Waals surface area contributed by atoms with E-state index in [0.717, 1.165) is 51.3 Å². The molecule has 1 aromatic carbocycles. The average Bonchev–Trinajstić information content (AvgIpc) is 3.16. The van der Waals surface area contributed by atoms with Crippen molar-refractivity contribution in [1.82, 2.24) is 14.9 Å². The highest BCUT2D eigenvalue weighted by molar-refractivity contribution is 5.73. The van der Waals surface area contributed by atoms with Crippen molar-refractivity contribution in [1.29, 1.82) is 0 Å². The van der Waals surface area contributed by atoms with E-state index in [1.807, 2.05) is 6.07 Å². The van der Waals surface area contributed by atoms with Crippen LogP contribution in [0, 0.1) is 11.2 Å². The van der Waals surface area contributed by atoms with Crippen LogP contribution in [0.5, 0.6) is 5.75 Å². The number of nitrogens with zero attached hydrogens (tertiary/aromatic N) is 4. The van der Waals surface area contributed by atoms with Gasteiger partial charge in [0.15, 0.2) is 5.82 Å². The van der Waals surface area contributed by atoms with Crippen LogP contribution in [-0.2, 0) is 11.3 Å². The number of rotatable bonds is 4. The standard InChI is InChI=1S/C20H25FN4O.C2HF3O2/c1-26-18-4-2-3-16(11-18)14-24-8-5-20(15-24)6-9-25(10-7-20)19-22-12-17(21)13-23-19;3-2(4,5)1(6)7/h2-4,11-13H,5-10,14-15H2,1H3;(H,6,7). The second-order valence-corrected chi connectivity index (χ2v) is 8.30. The van der Waals surface area contributed by atoms with Crippen molar-refractivity contribution in [3.63, 3.8) is 0 Å². The van der Waals surface area contributed by atoms with E-state index in [2.05, 4.69) is 38.0 Å². The number of aliphatic carboxylic acids is 1. The fourth-order valence-corrected chi connectivity index (χ4v) is 4.25. The Morgan fingerprint density at radius 2 is 1.76 bits per heavy atom. The predicted molar refractivity (Wildman–Crippen MR) is 112 cm³/mol. The molecule has 180 valence electrons. The van der Waals surface area contributed by atoms with Crippen LogP contribution in [0.15, 0.2) is 36.7 Å². The number of benzene rings is 1. The first kappa shape index (κ1) is 24.7. The van der Waals surface area contributed by atoms with Gasteiger partial charge in [-0.15, -0.1) is 0 Å². The minimum atomic E-state index is -5.08. The van der Waals surface area contributed by atoms with Crippen LogP contribution in [0.1, 0.15) is 24.8 Å². The lowest BCUT2D eigenvalue weighted by Crippen LogP contribution is -2.42. The Labute approximate surface area is 189 Å². The van der Waals surface area contributed by atoms with Gasteiger partial charge >= 0.3 is 12.1 Å². The highest BCUT2D eigenvalue weighted by atomic mass is 19.4. The zero-order chi connectivity index (χ0) is 24.1. The molecule has 33 heavy (non-hydrogen) atoms. The first-order valence-corrected chi connectivity index (χ1v) is 10.5. The van der Waals surface area contributed by atoms with E-state index in [0.29, 0.717) is 11.4 Å². The molecule has 2 aliphatic heterocycles. The summed E-state index contributed by atoms with van der Waals surface area (Å²) in [6.45, 7) is 5.15. The van der Waals surface area contributed by atoms with Crippen LogP contribution in [0.4, 0.5) is 23.5 Å². The SMILES string of the molecule is COc1cccc(CN2CCC3(CCN(c4ncc(F)cn4)CC3)C2)c1.O=C(O)C(F)(F)F. The van der Waals surface area contributed by atoms with E-state index in [1.165, 1.54) is 24.4 Å². The molecule has 11 heteroatoms. The molecular weight excluding hydrogens is 444 g/mol. The molecule has 0 bridgehead atoms. The number of hydrogen-bond donors (Lipinski definition) is 1. The summed E-state index contributed by atoms with van der Waals surface area (Å²) in [5, 5.41) is 7.12. The fourth-order valence-electron chi connectivity index (χ4n) is 4.25. The summed E-state index contributed by atoms with van der Waals surface area (Å²) >= 11 is 0. The maximum absolute atomic E-state index is 13.0. The van der Waals surface area contributed by atoms with Gasteiger partial charge < -0.3 is 14.7 Å². The third-order valence-electron chi connectivity index (χ3n) is 6.01. The van der Waals surface area contributed by atoms with Crippen LogP contribution in [0.25, 0.3) is 0 Å². The summed E-state index contributed by atoms with van der Waals surface area (Å²) in [5.74, 6) is -1.57. The Balaban J connectivity index is 0.000000383. The molecule has 2 aromatic rings. The minimum absolute atomic E-state index is 0.383. The van der Waals surface area contributed by atoms with Crippen molar-refractivity contribution < 1.29 is 32.2 Å². The first-order valence-electron chi connectivity index (χ1n) is 10.5. The Morgan fingerprint density at radius 1 is 1.15 bits per heavy atom. The van der Waals surface area contributed by atoms with Gasteiger partial charge in [0.2, 0.25) is 5.95 Å². The maximum atomic E-state index is 13.0. The number of anilines is 1. The van der Waals surface area contributed by atoms with Gasteiger partial charge in [-0.25, -0.2) is 19.2 Å². The van der Waals surface area contributed by atoms with Crippen LogP contribution < -0.4 is 9.64 Å². The highest BCUT2D eigenvalue weighted by Gasteiger charge is 2.41. The predicted octanol–water partition coefficient (Wildman–Crippen LogP) is 3.75. The molecule has 1 spiro atoms. The summed E-state index contributed by atoms with van der Waals surface area (Å²) in [4.78, 5) is 21.9. The number of piperidine rings is 1. The molecule has 4 rings (SSSR count). The molecule has 0 aliphatic carbocycles. The number of halogens is 4. The van der Waals surface area contributed by atoms with Crippen LogP contribution in [0.3, 0.4) is 0 Å². The molecule has 0 saturated carbocycles. The number of methoxy groups -OCH3 is 1. The third-order valence-corrected chi connectivity index (χ3v) is 6.01. The molecule has 2 aliphatic rings. The summed E-state index contributed by atoms with van der Waals surface area (Å²) in [6, 6.07) is 8.34. The van der Waals surface area contributed by atoms with E-state index in [-0.39, 0.29) is 5.82 Å². The van der Waals surface area contributed by atoms with Crippen molar-refractivity contribution in [2.24, 2.45) is 5.41 Å². The quantitative estimate of drug-likeness (QED) is 0.682. The average molecular weight is 470 g/mol. The molecule has 3 heterocycles. The monoisotopic (exact) mass is 470 g/mol. The van der Waals surface area contributed by atoms with Gasteiger partial charge in [0.05, 0.1) is 19.5 Å². The van der Waals surface area contributed by atoms with Crippen LogP contribution >= 0.6 is 0 Å². The van der Waals surface area contributed by atoms with Gasteiger partial charge in [0.1, 0.15) is 5.75 Å². The van der Waals surface area contributed by atoms with Gasteiger partial charge in [0, 0.05) is 26.2 Å². The lowest BCUT2D eigenvalue weighted by Gasteiger charge is -2.39. The molecule has 1 aromatic heterocycles. The third kappa shape index (κ3) is 6.77. The van der Waals surface area contributed by atoms with Crippen molar-refractivity contribution >= 4 is 11.9 Å². The summed E-state index contributed by atoms with van der Waals surface area (Å²) in [7, 11) is 1.71. The first-order chi connectivity index (χ1) is 15.6. The number of hydrogen-bond acceptors (Lipinski definition) is 6. The van der Waals surface area contributed by atoms with E-state index < -0.39 is 12.1 Å². The second-order valence-electron chi connectivity index (χ2n) is 8.30. The van der Waals surface area contributed by atoms with Crippen molar-refractivity contribution in [2.45, 2.75) is 32.0 Å². The van der Waals surface area contributed by atoms with Crippen LogP contribution in [0.2, 0.25) is 0 Å². The zero-order valence-electron chi connectivity index (χ0n) is 18.2. The molecule has 0 amide bonds. The van der Waals surface area contributed by atoms with E-state index in [9.17, 15) is 17.6 Å². The number of ether oxygens (including phenoxy) is 1. The number of alkyl halides is 3. The number of aromatic nitrogens is 2. The lowest BCUT2D eigenvalue weighted by atomic mass is 9.78. The number of carbonyl (C=O) groups is 1. The Morgan fingerprint density at radius 3 is 2.33 bits per heavy atom. The molecular formula is C22H26F4N4O3. The topological polar surface area (TPSA) is 78.8 Å². The molecule has 0 unspecified atom stereocenters.